The highest BCUT2D eigenvalue weighted by molar-refractivity contribution is 9.10. The molecule has 0 aliphatic carbocycles. The van der Waals surface area contributed by atoms with Gasteiger partial charge in [-0.25, -0.2) is 4.39 Å². The predicted molar refractivity (Wildman–Crippen MR) is 83.0 cm³/mol. The summed E-state index contributed by atoms with van der Waals surface area (Å²) in [5.41, 5.74) is 6.54. The highest BCUT2D eigenvalue weighted by Gasteiger charge is 2.16. The van der Waals surface area contributed by atoms with Crippen LogP contribution in [0.5, 0.6) is 11.5 Å². The van der Waals surface area contributed by atoms with Crippen LogP contribution in [0.4, 0.5) is 10.1 Å². The highest BCUT2D eigenvalue weighted by atomic mass is 79.9. The van der Waals surface area contributed by atoms with Gasteiger partial charge in [-0.2, -0.15) is 0 Å². The molecule has 1 amide bonds. The first kappa shape index (κ1) is 15.3. The lowest BCUT2D eigenvalue weighted by Crippen LogP contribution is -2.22. The monoisotopic (exact) mass is 352 g/mol. The highest BCUT2D eigenvalue weighted by Crippen LogP contribution is 2.30. The molecule has 21 heavy (non-hydrogen) atoms. The average molecular weight is 353 g/mol. The van der Waals surface area contributed by atoms with Crippen molar-refractivity contribution in [2.45, 2.75) is 0 Å². The molecule has 0 saturated carbocycles. The van der Waals surface area contributed by atoms with Crippen molar-refractivity contribution in [1.29, 1.82) is 0 Å². The average Bonchev–Trinajstić information content (AvgIpc) is 2.42. The fourth-order valence-electron chi connectivity index (χ4n) is 1.71. The van der Waals surface area contributed by atoms with E-state index in [2.05, 4.69) is 15.9 Å². The Morgan fingerprint density at radius 3 is 2.57 bits per heavy atom. The molecule has 2 aromatic carbocycles. The van der Waals surface area contributed by atoms with E-state index in [9.17, 15) is 9.18 Å². The Hall–Kier alpha value is -2.08. The van der Waals surface area contributed by atoms with Crippen molar-refractivity contribution < 1.29 is 13.9 Å². The van der Waals surface area contributed by atoms with Crippen LogP contribution in [0.15, 0.2) is 40.9 Å². The van der Waals surface area contributed by atoms with Gasteiger partial charge in [0.05, 0.1) is 10.0 Å². The van der Waals surface area contributed by atoms with E-state index in [1.165, 1.54) is 23.1 Å². The van der Waals surface area contributed by atoms with Gasteiger partial charge in [0.2, 0.25) is 0 Å². The molecule has 0 aromatic heterocycles. The quantitative estimate of drug-likeness (QED) is 0.857. The Morgan fingerprint density at radius 1 is 1.24 bits per heavy atom. The zero-order valence-electron chi connectivity index (χ0n) is 11.6. The summed E-state index contributed by atoms with van der Waals surface area (Å²) < 4.78 is 19.5. The molecule has 0 aliphatic heterocycles. The number of anilines is 1. The molecule has 2 N–H and O–H groups in total. The maximum absolute atomic E-state index is 13.5. The maximum Gasteiger partial charge on any atom is 0.257 e. The fourth-order valence-corrected chi connectivity index (χ4v) is 1.95. The number of carbonyl (C=O) groups excluding carboxylic acids is 1. The smallest absolute Gasteiger partial charge is 0.257 e. The molecule has 4 nitrogen and oxygen atoms in total. The minimum Gasteiger partial charge on any atom is -0.456 e. The van der Waals surface area contributed by atoms with Gasteiger partial charge in [0.1, 0.15) is 17.3 Å². The van der Waals surface area contributed by atoms with Crippen LogP contribution in [0, 0.1) is 5.82 Å². The molecule has 0 saturated heterocycles. The lowest BCUT2D eigenvalue weighted by atomic mass is 10.1. The number of halogens is 2. The number of carbonyl (C=O) groups is 1. The molecule has 0 atom stereocenters. The molecular formula is C15H14BrFN2O2. The minimum absolute atomic E-state index is 0.220. The van der Waals surface area contributed by atoms with Crippen molar-refractivity contribution in [3.8, 4) is 11.5 Å². The van der Waals surface area contributed by atoms with E-state index in [1.807, 2.05) is 0 Å². The van der Waals surface area contributed by atoms with Crippen molar-refractivity contribution in [2.75, 3.05) is 19.8 Å². The Kier molecular flexibility index (Phi) is 4.47. The minimum atomic E-state index is -0.447. The molecular weight excluding hydrogens is 339 g/mol. The van der Waals surface area contributed by atoms with E-state index in [4.69, 9.17) is 10.5 Å². The Balaban J connectivity index is 2.40. The van der Waals surface area contributed by atoms with Crippen LogP contribution in [0.3, 0.4) is 0 Å². The summed E-state index contributed by atoms with van der Waals surface area (Å²) in [5, 5.41) is 0. The topological polar surface area (TPSA) is 55.6 Å². The third kappa shape index (κ3) is 3.52. The summed E-state index contributed by atoms with van der Waals surface area (Å²) in [4.78, 5) is 13.5. The van der Waals surface area contributed by atoms with Gasteiger partial charge in [0, 0.05) is 31.9 Å². The molecule has 0 bridgehead atoms. The molecule has 0 radical (unpaired) electrons. The number of hydrogen-bond donors (Lipinski definition) is 1. The van der Waals surface area contributed by atoms with Crippen molar-refractivity contribution in [1.82, 2.24) is 4.90 Å². The Labute approximate surface area is 130 Å². The molecule has 2 aromatic rings. The first-order valence-electron chi connectivity index (χ1n) is 6.12. The molecule has 110 valence electrons. The summed E-state index contributed by atoms with van der Waals surface area (Å²) in [6.07, 6.45) is 0. The van der Waals surface area contributed by atoms with Crippen LogP contribution in [0.2, 0.25) is 0 Å². The van der Waals surface area contributed by atoms with Crippen molar-refractivity contribution in [2.24, 2.45) is 0 Å². The number of ether oxygens (including phenoxy) is 1. The second-order valence-corrected chi connectivity index (χ2v) is 5.49. The standard InChI is InChI=1S/C15H14BrFN2O2/c1-19(2)15(20)11-5-3-9(18)7-14(11)21-10-4-6-12(16)13(17)8-10/h3-8H,18H2,1-2H3. The van der Waals surface area contributed by atoms with E-state index in [0.717, 1.165) is 0 Å². The van der Waals surface area contributed by atoms with Crippen LogP contribution in [-0.4, -0.2) is 24.9 Å². The van der Waals surface area contributed by atoms with Crippen molar-refractivity contribution in [3.05, 3.63) is 52.3 Å². The van der Waals surface area contributed by atoms with Crippen molar-refractivity contribution in [3.63, 3.8) is 0 Å². The molecule has 0 unspecified atom stereocenters. The fraction of sp³-hybridized carbons (Fsp3) is 0.133. The first-order chi connectivity index (χ1) is 9.88. The van der Waals surface area contributed by atoms with E-state index in [0.29, 0.717) is 15.7 Å². The molecule has 6 heteroatoms. The Morgan fingerprint density at radius 2 is 1.95 bits per heavy atom. The van der Waals surface area contributed by atoms with Gasteiger partial charge >= 0.3 is 0 Å². The number of nitrogens with zero attached hydrogens (tertiary/aromatic N) is 1. The summed E-state index contributed by atoms with van der Waals surface area (Å²) >= 11 is 3.07. The van der Waals surface area contributed by atoms with Crippen LogP contribution in [0.25, 0.3) is 0 Å². The van der Waals surface area contributed by atoms with Crippen LogP contribution < -0.4 is 10.5 Å². The lowest BCUT2D eigenvalue weighted by molar-refractivity contribution is 0.0825. The third-order valence-corrected chi connectivity index (χ3v) is 3.40. The number of amides is 1. The molecule has 2 rings (SSSR count). The second kappa shape index (κ2) is 6.13. The van der Waals surface area contributed by atoms with Crippen molar-refractivity contribution >= 4 is 27.5 Å². The largest absolute Gasteiger partial charge is 0.456 e. The van der Waals surface area contributed by atoms with E-state index in [-0.39, 0.29) is 17.4 Å². The zero-order valence-corrected chi connectivity index (χ0v) is 13.1. The van der Waals surface area contributed by atoms with E-state index < -0.39 is 5.82 Å². The zero-order chi connectivity index (χ0) is 15.6. The molecule has 0 fully saturated rings. The predicted octanol–water partition coefficient (Wildman–Crippen LogP) is 3.66. The molecule has 0 aliphatic rings. The Bertz CT molecular complexity index is 689. The SMILES string of the molecule is CN(C)C(=O)c1ccc(N)cc1Oc1ccc(Br)c(F)c1. The molecule has 0 heterocycles. The van der Waals surface area contributed by atoms with Gasteiger partial charge in [-0.3, -0.25) is 4.79 Å². The van der Waals surface area contributed by atoms with E-state index >= 15 is 0 Å². The number of nitrogen functional groups attached to an aromatic ring is 1. The number of benzene rings is 2. The summed E-state index contributed by atoms with van der Waals surface area (Å²) in [6.45, 7) is 0. The molecule has 0 spiro atoms. The lowest BCUT2D eigenvalue weighted by Gasteiger charge is -2.15. The van der Waals surface area contributed by atoms with E-state index in [1.54, 1.807) is 32.3 Å². The number of nitrogens with two attached hydrogens (primary N) is 1. The van der Waals surface area contributed by atoms with Crippen LogP contribution >= 0.6 is 15.9 Å². The van der Waals surface area contributed by atoms with Crippen LogP contribution in [0.1, 0.15) is 10.4 Å². The number of rotatable bonds is 3. The van der Waals surface area contributed by atoms with Gasteiger partial charge in [-0.05, 0) is 40.2 Å². The van der Waals surface area contributed by atoms with Gasteiger partial charge in [0.15, 0.2) is 0 Å². The summed E-state index contributed by atoms with van der Waals surface area (Å²) in [5.74, 6) is -0.0935. The number of hydrogen-bond acceptors (Lipinski definition) is 3. The van der Waals surface area contributed by atoms with Crippen LogP contribution in [-0.2, 0) is 0 Å². The summed E-state index contributed by atoms with van der Waals surface area (Å²) in [6, 6.07) is 9.10. The maximum atomic E-state index is 13.5. The van der Waals surface area contributed by atoms with Gasteiger partial charge in [0.25, 0.3) is 5.91 Å². The van der Waals surface area contributed by atoms with Gasteiger partial charge < -0.3 is 15.4 Å². The third-order valence-electron chi connectivity index (χ3n) is 2.76. The summed E-state index contributed by atoms with van der Waals surface area (Å²) in [7, 11) is 3.28. The van der Waals surface area contributed by atoms with Gasteiger partial charge in [-0.1, -0.05) is 0 Å². The normalized spacial score (nSPS) is 10.3. The first-order valence-corrected chi connectivity index (χ1v) is 6.92. The second-order valence-electron chi connectivity index (χ2n) is 4.63. The van der Waals surface area contributed by atoms with Gasteiger partial charge in [-0.15, -0.1) is 0 Å².